The second-order valence-corrected chi connectivity index (χ2v) is 10.7. The molecule has 3 heteroatoms. The number of pyridine rings is 1. The smallest absolute Gasteiger partial charge is 0.217 e. The Hall–Kier alpha value is -3.59. The Labute approximate surface area is 201 Å². The van der Waals surface area contributed by atoms with E-state index in [-0.39, 0.29) is 5.41 Å². The molecule has 3 nitrogen and oxygen atoms in total. The van der Waals surface area contributed by atoms with Gasteiger partial charge in [0.05, 0.1) is 6.26 Å². The Morgan fingerprint density at radius 3 is 2.62 bits per heavy atom. The summed E-state index contributed by atoms with van der Waals surface area (Å²) < 4.78 is 7.83. The maximum absolute atomic E-state index is 5.89. The molecule has 0 fully saturated rings. The molecular formula is C31H32N2O. The molecule has 34 heavy (non-hydrogen) atoms. The summed E-state index contributed by atoms with van der Waals surface area (Å²) in [5, 5.41) is 9.48. The number of nitrogens with zero attached hydrogens (tertiary/aromatic N) is 2. The summed E-state index contributed by atoms with van der Waals surface area (Å²) in [6.45, 7) is 15.5. The van der Waals surface area contributed by atoms with Crippen molar-refractivity contribution in [1.82, 2.24) is 0 Å². The second-order valence-electron chi connectivity index (χ2n) is 10.7. The van der Waals surface area contributed by atoms with E-state index in [0.717, 1.165) is 39.2 Å². The summed E-state index contributed by atoms with van der Waals surface area (Å²) in [4.78, 5) is 0. The Morgan fingerprint density at radius 2 is 1.85 bits per heavy atom. The number of furan rings is 1. The van der Waals surface area contributed by atoms with E-state index in [1.807, 2.05) is 29.0 Å². The molecule has 4 aromatic rings. The van der Waals surface area contributed by atoms with Gasteiger partial charge in [0, 0.05) is 22.9 Å². The molecule has 0 saturated carbocycles. The van der Waals surface area contributed by atoms with Crippen LogP contribution in [0.3, 0.4) is 0 Å². The SMILES string of the molecule is C=[n+]1ccc(=C2C=c3occ(CC(C)C)c3=C[N-]2)cc1-c1cc(C(C)(C)C)c2ccccc2c1. The third-order valence-electron chi connectivity index (χ3n) is 6.47. The first-order valence-corrected chi connectivity index (χ1v) is 12.0. The normalized spacial score (nSPS) is 15.0. The van der Waals surface area contributed by atoms with E-state index in [1.54, 1.807) is 0 Å². The molecule has 1 aliphatic heterocycles. The standard InChI is InChI=1S/C31H32N2O/c1-20(2)13-24-19-34-30-17-28(32-18-26(24)30)22-11-12-33(6)29(16-22)23-14-21-9-7-8-10-25(21)27(15-23)31(3,4)5/h7-12,14-20H,6,13H2,1-5H3. The molecule has 0 spiro atoms. The molecule has 172 valence electrons. The van der Waals surface area contributed by atoms with Gasteiger partial charge in [-0.25, -0.2) is 0 Å². The van der Waals surface area contributed by atoms with E-state index in [2.05, 4.69) is 89.9 Å². The lowest BCUT2D eigenvalue weighted by Crippen LogP contribution is -2.27. The minimum atomic E-state index is 0.0266. The molecule has 0 radical (unpaired) electrons. The fraction of sp³-hybridized carbons (Fsp3) is 0.258. The largest absolute Gasteiger partial charge is 0.663 e. The van der Waals surface area contributed by atoms with Crippen LogP contribution in [-0.4, -0.2) is 0 Å². The van der Waals surface area contributed by atoms with Crippen molar-refractivity contribution < 1.29 is 8.66 Å². The van der Waals surface area contributed by atoms with E-state index in [1.165, 1.54) is 21.9 Å². The maximum atomic E-state index is 5.89. The van der Waals surface area contributed by atoms with Crippen molar-refractivity contribution in [2.24, 2.45) is 5.92 Å². The monoisotopic (exact) mass is 448 g/mol. The van der Waals surface area contributed by atoms with Gasteiger partial charge in [0.1, 0.15) is 12.1 Å². The van der Waals surface area contributed by atoms with Gasteiger partial charge < -0.3 is 9.73 Å². The topological polar surface area (TPSA) is 33.1 Å². The molecule has 0 bridgehead atoms. The van der Waals surface area contributed by atoms with Crippen LogP contribution in [0.1, 0.15) is 45.7 Å². The quantitative estimate of drug-likeness (QED) is 0.395. The summed E-state index contributed by atoms with van der Waals surface area (Å²) in [6, 6.07) is 17.4. The molecule has 0 unspecified atom stereocenters. The first kappa shape index (κ1) is 22.2. The number of fused-ring (bicyclic) bond motifs is 2. The van der Waals surface area contributed by atoms with Crippen molar-refractivity contribution in [3.8, 4) is 11.3 Å². The molecule has 2 aromatic heterocycles. The van der Waals surface area contributed by atoms with Crippen LogP contribution in [0.15, 0.2) is 65.4 Å². The number of aromatic nitrogens is 1. The Kier molecular flexibility index (Phi) is 5.44. The van der Waals surface area contributed by atoms with Crippen LogP contribution in [0.2, 0.25) is 0 Å². The first-order valence-electron chi connectivity index (χ1n) is 12.0. The zero-order chi connectivity index (χ0) is 24.0. The van der Waals surface area contributed by atoms with Gasteiger partial charge in [-0.05, 0) is 63.1 Å². The van der Waals surface area contributed by atoms with Crippen molar-refractivity contribution in [1.29, 1.82) is 0 Å². The molecule has 2 aromatic carbocycles. The van der Waals surface area contributed by atoms with Crippen LogP contribution in [0.25, 0.3) is 45.3 Å². The van der Waals surface area contributed by atoms with Crippen molar-refractivity contribution in [2.45, 2.75) is 46.5 Å². The lowest BCUT2D eigenvalue weighted by Gasteiger charge is -2.22. The van der Waals surface area contributed by atoms with Crippen LogP contribution in [-0.2, 0) is 11.8 Å². The lowest BCUT2D eigenvalue weighted by molar-refractivity contribution is -0.486. The van der Waals surface area contributed by atoms with Gasteiger partial charge in [-0.1, -0.05) is 58.9 Å². The third kappa shape index (κ3) is 4.07. The van der Waals surface area contributed by atoms with Crippen molar-refractivity contribution in [3.63, 3.8) is 0 Å². The fourth-order valence-electron chi connectivity index (χ4n) is 4.75. The highest BCUT2D eigenvalue weighted by atomic mass is 16.3. The van der Waals surface area contributed by atoms with Gasteiger partial charge in [-0.15, -0.1) is 5.70 Å². The van der Waals surface area contributed by atoms with E-state index < -0.39 is 0 Å². The average Bonchev–Trinajstić information content (AvgIpc) is 3.19. The summed E-state index contributed by atoms with van der Waals surface area (Å²) >= 11 is 0. The highest BCUT2D eigenvalue weighted by Crippen LogP contribution is 2.33. The molecule has 0 amide bonds. The van der Waals surface area contributed by atoms with Crippen LogP contribution in [0.5, 0.6) is 0 Å². The zero-order valence-electron chi connectivity index (χ0n) is 20.7. The highest BCUT2D eigenvalue weighted by Gasteiger charge is 2.20. The van der Waals surface area contributed by atoms with Crippen molar-refractivity contribution in [3.05, 3.63) is 100 Å². The molecule has 0 N–H and O–H groups in total. The van der Waals surface area contributed by atoms with Gasteiger partial charge in [0.2, 0.25) is 5.69 Å². The van der Waals surface area contributed by atoms with Crippen LogP contribution in [0.4, 0.5) is 0 Å². The predicted octanol–water partition coefficient (Wildman–Crippen LogP) is 5.24. The Morgan fingerprint density at radius 1 is 1.06 bits per heavy atom. The molecule has 0 aliphatic carbocycles. The third-order valence-corrected chi connectivity index (χ3v) is 6.47. The minimum absolute atomic E-state index is 0.0266. The van der Waals surface area contributed by atoms with Gasteiger partial charge in [0.25, 0.3) is 0 Å². The average molecular weight is 449 g/mol. The summed E-state index contributed by atoms with van der Waals surface area (Å²) in [6.07, 6.45) is 8.87. The van der Waals surface area contributed by atoms with Gasteiger partial charge in [-0.3, -0.25) is 0 Å². The molecule has 5 rings (SSSR count). The molecule has 1 aliphatic rings. The number of hydrogen-bond donors (Lipinski definition) is 0. The number of hydrogen-bond acceptors (Lipinski definition) is 1. The Bertz CT molecular complexity index is 1630. The van der Waals surface area contributed by atoms with E-state index in [4.69, 9.17) is 9.73 Å². The van der Waals surface area contributed by atoms with Crippen molar-refractivity contribution in [2.75, 3.05) is 0 Å². The number of benzene rings is 2. The van der Waals surface area contributed by atoms with Crippen LogP contribution >= 0.6 is 0 Å². The molecule has 0 saturated heterocycles. The van der Waals surface area contributed by atoms with E-state index >= 15 is 0 Å². The second kappa shape index (κ2) is 8.32. The summed E-state index contributed by atoms with van der Waals surface area (Å²) in [7, 11) is 0. The summed E-state index contributed by atoms with van der Waals surface area (Å²) in [5.41, 5.74) is 6.57. The fourth-order valence-corrected chi connectivity index (χ4v) is 4.75. The molecule has 0 atom stereocenters. The van der Waals surface area contributed by atoms with Crippen LogP contribution < -0.4 is 20.1 Å². The van der Waals surface area contributed by atoms with Crippen molar-refractivity contribution >= 4 is 28.7 Å². The minimum Gasteiger partial charge on any atom is -0.663 e. The first-order chi connectivity index (χ1) is 16.2. The van der Waals surface area contributed by atoms with Crippen LogP contribution in [0, 0.1) is 12.6 Å². The van der Waals surface area contributed by atoms with E-state index in [9.17, 15) is 0 Å². The lowest BCUT2D eigenvalue weighted by atomic mass is 9.82. The Balaban J connectivity index is 1.68. The number of rotatable bonds is 3. The van der Waals surface area contributed by atoms with E-state index in [0.29, 0.717) is 5.92 Å². The zero-order valence-corrected chi connectivity index (χ0v) is 20.7. The highest BCUT2D eigenvalue weighted by molar-refractivity contribution is 5.91. The predicted molar refractivity (Wildman–Crippen MR) is 141 cm³/mol. The van der Waals surface area contributed by atoms with Gasteiger partial charge >= 0.3 is 0 Å². The van der Waals surface area contributed by atoms with Gasteiger partial charge in [-0.2, -0.15) is 10.4 Å². The summed E-state index contributed by atoms with van der Waals surface area (Å²) in [5.74, 6) is 0.574. The maximum Gasteiger partial charge on any atom is 0.217 e. The van der Waals surface area contributed by atoms with Gasteiger partial charge in [0.15, 0.2) is 6.20 Å². The molecule has 3 heterocycles. The molecular weight excluding hydrogens is 416 g/mol.